The molecule has 1 amide bonds. The van der Waals surface area contributed by atoms with Gasteiger partial charge in [0.15, 0.2) is 0 Å². The first kappa shape index (κ1) is 17.2. The van der Waals surface area contributed by atoms with E-state index in [1.807, 2.05) is 32.0 Å². The van der Waals surface area contributed by atoms with Crippen molar-refractivity contribution in [2.75, 3.05) is 0 Å². The summed E-state index contributed by atoms with van der Waals surface area (Å²) in [6.45, 7) is 1.21. The van der Waals surface area contributed by atoms with Gasteiger partial charge in [0, 0.05) is 0 Å². The topological polar surface area (TPSA) is 58.6 Å². The van der Waals surface area contributed by atoms with Gasteiger partial charge in [0.1, 0.15) is 5.75 Å². The van der Waals surface area contributed by atoms with Crippen LogP contribution in [-0.2, 0) is 6.42 Å². The summed E-state index contributed by atoms with van der Waals surface area (Å²) in [6.07, 6.45) is -0.265. The van der Waals surface area contributed by atoms with Crippen LogP contribution < -0.4 is 10.1 Å². The highest BCUT2D eigenvalue weighted by atomic mass is 19.3. The second-order valence-corrected chi connectivity index (χ2v) is 6.86. The molecule has 1 unspecified atom stereocenters. The number of halogens is 2. The van der Waals surface area contributed by atoms with Gasteiger partial charge in [-0.05, 0) is 52.3 Å². The zero-order valence-electron chi connectivity index (χ0n) is 13.9. The van der Waals surface area contributed by atoms with Crippen molar-refractivity contribution < 1.29 is 23.4 Å². The number of alkyl halides is 2. The smallest absolute Gasteiger partial charge is 0.405 e. The Kier molecular flexibility index (Phi) is 4.37. The zero-order valence-corrected chi connectivity index (χ0v) is 13.9. The van der Waals surface area contributed by atoms with Gasteiger partial charge >= 0.3 is 12.7 Å². The molecular weight excluding hydrogens is 328 g/mol. The van der Waals surface area contributed by atoms with E-state index in [4.69, 9.17) is 5.11 Å². The summed E-state index contributed by atoms with van der Waals surface area (Å²) in [5.74, 6) is 0.103. The molecule has 0 aromatic heterocycles. The van der Waals surface area contributed by atoms with E-state index >= 15 is 0 Å². The van der Waals surface area contributed by atoms with Gasteiger partial charge in [-0.25, -0.2) is 4.79 Å². The normalized spacial score (nSPS) is 18.0. The number of hydrogen-bond donors (Lipinski definition) is 2. The monoisotopic (exact) mass is 347 g/mol. The number of benzene rings is 2. The first-order valence-corrected chi connectivity index (χ1v) is 7.94. The maximum Gasteiger partial charge on any atom is 0.405 e. The Hall–Kier alpha value is -2.63. The molecule has 0 saturated heterocycles. The van der Waals surface area contributed by atoms with Crippen LogP contribution >= 0.6 is 0 Å². The zero-order chi connectivity index (χ0) is 18.2. The molecule has 4 nitrogen and oxygen atoms in total. The van der Waals surface area contributed by atoms with Crippen LogP contribution in [0.2, 0.25) is 0 Å². The van der Waals surface area contributed by atoms with E-state index < -0.39 is 12.7 Å². The first-order chi connectivity index (χ1) is 11.8. The fourth-order valence-corrected chi connectivity index (χ4v) is 3.44. The third-order valence-electron chi connectivity index (χ3n) is 4.57. The van der Waals surface area contributed by atoms with E-state index in [9.17, 15) is 13.6 Å². The number of nitrogens with one attached hydrogen (secondary N) is 1. The predicted octanol–water partition coefficient (Wildman–Crippen LogP) is 4.85. The lowest BCUT2D eigenvalue weighted by molar-refractivity contribution is -0.0498. The fraction of sp³-hybridized carbons (Fsp3) is 0.316. The molecule has 0 fully saturated rings. The van der Waals surface area contributed by atoms with Gasteiger partial charge < -0.3 is 15.2 Å². The number of hydrogen-bond acceptors (Lipinski definition) is 2. The van der Waals surface area contributed by atoms with Crippen LogP contribution in [0.1, 0.15) is 31.0 Å². The highest BCUT2D eigenvalue weighted by Crippen LogP contribution is 2.46. The maximum absolute atomic E-state index is 12.2. The molecule has 0 bridgehead atoms. The molecule has 132 valence electrons. The Morgan fingerprint density at radius 1 is 1.20 bits per heavy atom. The molecule has 6 heteroatoms. The number of fused-ring (bicyclic) bond motifs is 1. The Balaban J connectivity index is 1.92. The van der Waals surface area contributed by atoms with Crippen molar-refractivity contribution in [3.63, 3.8) is 0 Å². The third-order valence-corrected chi connectivity index (χ3v) is 4.57. The molecule has 0 aliphatic heterocycles. The van der Waals surface area contributed by atoms with Gasteiger partial charge in [-0.2, -0.15) is 8.78 Å². The summed E-state index contributed by atoms with van der Waals surface area (Å²) in [4.78, 5) is 11.1. The van der Waals surface area contributed by atoms with Crippen LogP contribution in [0.5, 0.6) is 5.75 Å². The van der Waals surface area contributed by atoms with Crippen molar-refractivity contribution in [1.82, 2.24) is 5.32 Å². The van der Waals surface area contributed by atoms with Crippen molar-refractivity contribution in [1.29, 1.82) is 0 Å². The number of ether oxygens (including phenoxy) is 1. The van der Waals surface area contributed by atoms with Gasteiger partial charge in [-0.15, -0.1) is 0 Å². The molecule has 0 saturated carbocycles. The number of carbonyl (C=O) groups is 1. The van der Waals surface area contributed by atoms with Gasteiger partial charge in [0.05, 0.1) is 6.04 Å². The summed E-state index contributed by atoms with van der Waals surface area (Å²) >= 11 is 0. The Morgan fingerprint density at radius 3 is 2.44 bits per heavy atom. The van der Waals surface area contributed by atoms with Crippen LogP contribution in [0.3, 0.4) is 0 Å². The molecular formula is C19H19F2NO3. The minimum Gasteiger partial charge on any atom is -0.465 e. The standard InChI is InChI=1S/C19H19F2NO3/c1-19(2)10-13-4-3-12(9-15(13)16(19)22-18(23)24)11-5-7-14(8-6-11)25-17(20)21/h3-9,16-17,22H,10H2,1-2H3,(H,23,24). The van der Waals surface area contributed by atoms with E-state index in [1.54, 1.807) is 12.1 Å². The van der Waals surface area contributed by atoms with Crippen LogP contribution in [0.25, 0.3) is 11.1 Å². The van der Waals surface area contributed by atoms with Crippen molar-refractivity contribution in [2.24, 2.45) is 5.41 Å². The molecule has 25 heavy (non-hydrogen) atoms. The first-order valence-electron chi connectivity index (χ1n) is 7.94. The molecule has 0 heterocycles. The van der Waals surface area contributed by atoms with Crippen LogP contribution in [0.4, 0.5) is 13.6 Å². The van der Waals surface area contributed by atoms with Gasteiger partial charge in [0.2, 0.25) is 0 Å². The summed E-state index contributed by atoms with van der Waals surface area (Å²) in [5.41, 5.74) is 3.61. The van der Waals surface area contributed by atoms with Crippen LogP contribution in [0, 0.1) is 5.41 Å². The average Bonchev–Trinajstić information content (AvgIpc) is 2.77. The fourth-order valence-electron chi connectivity index (χ4n) is 3.44. The lowest BCUT2D eigenvalue weighted by Gasteiger charge is -2.27. The lowest BCUT2D eigenvalue weighted by atomic mass is 9.85. The largest absolute Gasteiger partial charge is 0.465 e. The molecule has 1 aliphatic carbocycles. The molecule has 3 rings (SSSR count). The number of amides is 1. The Labute approximate surface area is 144 Å². The molecule has 0 spiro atoms. The third kappa shape index (κ3) is 3.57. The van der Waals surface area contributed by atoms with Gasteiger partial charge in [-0.3, -0.25) is 0 Å². The Bertz CT molecular complexity index is 788. The van der Waals surface area contributed by atoms with E-state index in [-0.39, 0.29) is 17.2 Å². The van der Waals surface area contributed by atoms with Crippen molar-refractivity contribution in [3.8, 4) is 16.9 Å². The number of rotatable bonds is 4. The summed E-state index contributed by atoms with van der Waals surface area (Å²) in [6, 6.07) is 12.0. The van der Waals surface area contributed by atoms with E-state index in [2.05, 4.69) is 10.1 Å². The quantitative estimate of drug-likeness (QED) is 0.831. The van der Waals surface area contributed by atoms with Gasteiger partial charge in [-0.1, -0.05) is 38.1 Å². The minimum absolute atomic E-state index is 0.103. The SMILES string of the molecule is CC1(C)Cc2ccc(-c3ccc(OC(F)F)cc3)cc2C1NC(=O)O. The summed E-state index contributed by atoms with van der Waals surface area (Å²) < 4.78 is 28.8. The molecule has 0 radical (unpaired) electrons. The van der Waals surface area contributed by atoms with E-state index in [1.165, 1.54) is 12.1 Å². The van der Waals surface area contributed by atoms with Crippen LogP contribution in [0.15, 0.2) is 42.5 Å². The summed E-state index contributed by atoms with van der Waals surface area (Å²) in [7, 11) is 0. The molecule has 2 N–H and O–H groups in total. The maximum atomic E-state index is 12.2. The molecule has 1 aliphatic rings. The van der Waals surface area contributed by atoms with Crippen LogP contribution in [-0.4, -0.2) is 17.8 Å². The molecule has 1 atom stereocenters. The van der Waals surface area contributed by atoms with Crippen molar-refractivity contribution in [3.05, 3.63) is 53.6 Å². The van der Waals surface area contributed by atoms with E-state index in [0.717, 1.165) is 28.7 Å². The molecule has 2 aromatic rings. The highest BCUT2D eigenvalue weighted by Gasteiger charge is 2.40. The number of carboxylic acid groups (broad SMARTS) is 1. The average molecular weight is 347 g/mol. The minimum atomic E-state index is -2.85. The van der Waals surface area contributed by atoms with Crippen molar-refractivity contribution >= 4 is 6.09 Å². The summed E-state index contributed by atoms with van der Waals surface area (Å²) in [5, 5.41) is 11.7. The molecule has 2 aromatic carbocycles. The second-order valence-electron chi connectivity index (χ2n) is 6.86. The van der Waals surface area contributed by atoms with Crippen molar-refractivity contribution in [2.45, 2.75) is 32.9 Å². The lowest BCUT2D eigenvalue weighted by Crippen LogP contribution is -2.34. The Morgan fingerprint density at radius 2 is 1.84 bits per heavy atom. The highest BCUT2D eigenvalue weighted by molar-refractivity contribution is 5.69. The second kappa shape index (κ2) is 6.35. The van der Waals surface area contributed by atoms with Gasteiger partial charge in [0.25, 0.3) is 0 Å². The predicted molar refractivity (Wildman–Crippen MR) is 89.9 cm³/mol. The van der Waals surface area contributed by atoms with E-state index in [0.29, 0.717) is 0 Å².